The third-order valence-corrected chi connectivity index (χ3v) is 3.12. The Labute approximate surface area is 116 Å². The number of hydrogen-bond donors (Lipinski definition) is 1. The third-order valence-electron chi connectivity index (χ3n) is 3.12. The summed E-state index contributed by atoms with van der Waals surface area (Å²) in [6, 6.07) is 5.90. The van der Waals surface area contributed by atoms with Crippen LogP contribution in [-0.2, 0) is 11.3 Å². The first-order valence-electron chi connectivity index (χ1n) is 6.87. The zero-order valence-electron chi connectivity index (χ0n) is 12.7. The molecule has 0 saturated heterocycles. The first-order chi connectivity index (χ1) is 8.90. The van der Waals surface area contributed by atoms with Gasteiger partial charge in [-0.2, -0.15) is 0 Å². The first-order valence-corrected chi connectivity index (χ1v) is 6.87. The van der Waals surface area contributed by atoms with Gasteiger partial charge in [0.2, 0.25) is 5.91 Å². The highest BCUT2D eigenvalue weighted by molar-refractivity contribution is 5.85. The molecular formula is C15H25N3O. The van der Waals surface area contributed by atoms with E-state index < -0.39 is 5.54 Å². The second-order valence-electron chi connectivity index (χ2n) is 5.24. The molecule has 1 aromatic rings. The second kappa shape index (κ2) is 6.66. The third kappa shape index (κ3) is 4.31. The van der Waals surface area contributed by atoms with Gasteiger partial charge in [-0.1, -0.05) is 13.0 Å². The number of hydrogen-bond acceptors (Lipinski definition) is 3. The van der Waals surface area contributed by atoms with E-state index in [2.05, 4.69) is 10.3 Å². The van der Waals surface area contributed by atoms with Crippen molar-refractivity contribution in [3.63, 3.8) is 0 Å². The molecule has 0 radical (unpaired) electrons. The van der Waals surface area contributed by atoms with Gasteiger partial charge in [-0.05, 0) is 46.4 Å². The predicted octanol–water partition coefficient (Wildman–Crippen LogP) is 2.13. The van der Waals surface area contributed by atoms with Gasteiger partial charge < -0.3 is 10.2 Å². The normalized spacial score (nSPS) is 11.4. The van der Waals surface area contributed by atoms with Gasteiger partial charge in [0, 0.05) is 12.2 Å². The SMILES string of the molecule is CCNC(C)(C)C(=O)N(CC)Cc1cccc(C)n1. The number of rotatable bonds is 6. The molecule has 1 rings (SSSR count). The lowest BCUT2D eigenvalue weighted by molar-refractivity contribution is -0.137. The van der Waals surface area contributed by atoms with Crippen LogP contribution in [0, 0.1) is 6.92 Å². The van der Waals surface area contributed by atoms with E-state index in [1.807, 2.05) is 57.7 Å². The minimum atomic E-state index is -0.533. The standard InChI is InChI=1S/C15H25N3O/c1-6-16-15(4,5)14(19)18(7-2)11-13-10-8-9-12(3)17-13/h8-10,16H,6-7,11H2,1-5H3. The predicted molar refractivity (Wildman–Crippen MR) is 77.8 cm³/mol. The molecule has 106 valence electrons. The lowest BCUT2D eigenvalue weighted by atomic mass is 10.0. The smallest absolute Gasteiger partial charge is 0.242 e. The molecule has 4 nitrogen and oxygen atoms in total. The van der Waals surface area contributed by atoms with Crippen LogP contribution in [0.4, 0.5) is 0 Å². The number of pyridine rings is 1. The summed E-state index contributed by atoms with van der Waals surface area (Å²) in [7, 11) is 0. The molecule has 0 aliphatic heterocycles. The molecule has 0 fully saturated rings. The zero-order chi connectivity index (χ0) is 14.5. The van der Waals surface area contributed by atoms with Gasteiger partial charge in [-0.25, -0.2) is 0 Å². The Kier molecular flexibility index (Phi) is 5.48. The number of carbonyl (C=O) groups is 1. The van der Waals surface area contributed by atoms with Crippen molar-refractivity contribution >= 4 is 5.91 Å². The van der Waals surface area contributed by atoms with E-state index in [4.69, 9.17) is 0 Å². The fraction of sp³-hybridized carbons (Fsp3) is 0.600. The fourth-order valence-electron chi connectivity index (χ4n) is 2.12. The molecule has 19 heavy (non-hydrogen) atoms. The summed E-state index contributed by atoms with van der Waals surface area (Å²) in [5.41, 5.74) is 1.38. The van der Waals surface area contributed by atoms with Crippen LogP contribution in [0.5, 0.6) is 0 Å². The largest absolute Gasteiger partial charge is 0.335 e. The Morgan fingerprint density at radius 2 is 2.05 bits per heavy atom. The van der Waals surface area contributed by atoms with Crippen molar-refractivity contribution in [3.8, 4) is 0 Å². The number of likely N-dealkylation sites (N-methyl/N-ethyl adjacent to an activating group) is 2. The van der Waals surface area contributed by atoms with Crippen LogP contribution in [0.15, 0.2) is 18.2 Å². The first kappa shape index (κ1) is 15.6. The maximum Gasteiger partial charge on any atom is 0.242 e. The Hall–Kier alpha value is -1.42. The van der Waals surface area contributed by atoms with E-state index in [9.17, 15) is 4.79 Å². The van der Waals surface area contributed by atoms with Crippen LogP contribution in [-0.4, -0.2) is 34.4 Å². The summed E-state index contributed by atoms with van der Waals surface area (Å²) >= 11 is 0. The van der Waals surface area contributed by atoms with E-state index in [0.29, 0.717) is 13.1 Å². The van der Waals surface area contributed by atoms with Gasteiger partial charge in [0.1, 0.15) is 0 Å². The van der Waals surface area contributed by atoms with Gasteiger partial charge in [0.15, 0.2) is 0 Å². The van der Waals surface area contributed by atoms with Gasteiger partial charge >= 0.3 is 0 Å². The van der Waals surface area contributed by atoms with Crippen LogP contribution in [0.1, 0.15) is 39.1 Å². The molecule has 0 unspecified atom stereocenters. The number of aromatic nitrogens is 1. The summed E-state index contributed by atoms with van der Waals surface area (Å²) in [5.74, 6) is 0.111. The molecule has 1 heterocycles. The minimum absolute atomic E-state index is 0.111. The highest BCUT2D eigenvalue weighted by Crippen LogP contribution is 2.11. The number of aryl methyl sites for hydroxylation is 1. The van der Waals surface area contributed by atoms with Gasteiger partial charge in [0.25, 0.3) is 0 Å². The molecule has 1 N–H and O–H groups in total. The van der Waals surface area contributed by atoms with E-state index in [-0.39, 0.29) is 5.91 Å². The number of amides is 1. The van der Waals surface area contributed by atoms with Gasteiger partial charge in [0.05, 0.1) is 17.8 Å². The zero-order valence-corrected chi connectivity index (χ0v) is 12.7. The molecule has 0 aliphatic carbocycles. The summed E-state index contributed by atoms with van der Waals surface area (Å²) in [6.07, 6.45) is 0. The van der Waals surface area contributed by atoms with Crippen molar-refractivity contribution in [3.05, 3.63) is 29.6 Å². The molecule has 0 atom stereocenters. The fourth-order valence-corrected chi connectivity index (χ4v) is 2.12. The maximum absolute atomic E-state index is 12.5. The molecule has 1 amide bonds. The highest BCUT2D eigenvalue weighted by atomic mass is 16.2. The Morgan fingerprint density at radius 3 is 2.58 bits per heavy atom. The van der Waals surface area contributed by atoms with Crippen LogP contribution in [0.3, 0.4) is 0 Å². The number of carbonyl (C=O) groups excluding carboxylic acids is 1. The molecule has 0 bridgehead atoms. The van der Waals surface area contributed by atoms with Crippen molar-refractivity contribution in [2.24, 2.45) is 0 Å². The average Bonchev–Trinajstić information content (AvgIpc) is 2.35. The molecule has 0 aliphatic rings. The van der Waals surface area contributed by atoms with Crippen LogP contribution in [0.2, 0.25) is 0 Å². The highest BCUT2D eigenvalue weighted by Gasteiger charge is 2.30. The molecule has 0 spiro atoms. The van der Waals surface area contributed by atoms with Crippen LogP contribution < -0.4 is 5.32 Å². The van der Waals surface area contributed by atoms with E-state index in [1.54, 1.807) is 0 Å². The Bertz CT molecular complexity index is 429. The van der Waals surface area contributed by atoms with Crippen LogP contribution in [0.25, 0.3) is 0 Å². The summed E-state index contributed by atoms with van der Waals surface area (Å²) in [5, 5.41) is 3.22. The molecule has 4 heteroatoms. The number of nitrogens with zero attached hydrogens (tertiary/aromatic N) is 2. The lowest BCUT2D eigenvalue weighted by Gasteiger charge is -2.31. The average molecular weight is 263 g/mol. The monoisotopic (exact) mass is 263 g/mol. The van der Waals surface area contributed by atoms with Crippen molar-refractivity contribution < 1.29 is 4.79 Å². The quantitative estimate of drug-likeness (QED) is 0.855. The molecule has 1 aromatic heterocycles. The van der Waals surface area contributed by atoms with E-state index in [0.717, 1.165) is 17.9 Å². The molecule has 0 aromatic carbocycles. The lowest BCUT2D eigenvalue weighted by Crippen LogP contribution is -2.53. The Morgan fingerprint density at radius 1 is 1.37 bits per heavy atom. The Balaban J connectivity index is 2.81. The van der Waals surface area contributed by atoms with Crippen molar-refractivity contribution in [2.75, 3.05) is 13.1 Å². The minimum Gasteiger partial charge on any atom is -0.335 e. The number of nitrogens with one attached hydrogen (secondary N) is 1. The van der Waals surface area contributed by atoms with Crippen molar-refractivity contribution in [1.82, 2.24) is 15.2 Å². The summed E-state index contributed by atoms with van der Waals surface area (Å²) in [6.45, 7) is 11.8. The van der Waals surface area contributed by atoms with Crippen molar-refractivity contribution in [1.29, 1.82) is 0 Å². The molecular weight excluding hydrogens is 238 g/mol. The van der Waals surface area contributed by atoms with Crippen LogP contribution >= 0.6 is 0 Å². The maximum atomic E-state index is 12.5. The summed E-state index contributed by atoms with van der Waals surface area (Å²) in [4.78, 5) is 18.8. The van der Waals surface area contributed by atoms with E-state index in [1.165, 1.54) is 0 Å². The summed E-state index contributed by atoms with van der Waals surface area (Å²) < 4.78 is 0. The van der Waals surface area contributed by atoms with Gasteiger partial charge in [-0.15, -0.1) is 0 Å². The topological polar surface area (TPSA) is 45.2 Å². The second-order valence-corrected chi connectivity index (χ2v) is 5.24. The van der Waals surface area contributed by atoms with Crippen molar-refractivity contribution in [2.45, 2.75) is 46.7 Å². The van der Waals surface area contributed by atoms with E-state index >= 15 is 0 Å². The molecule has 0 saturated carbocycles. The van der Waals surface area contributed by atoms with Gasteiger partial charge in [-0.3, -0.25) is 9.78 Å².